The van der Waals surface area contributed by atoms with Crippen LogP contribution in [-0.4, -0.2) is 18.9 Å². The molecule has 156 valence electrons. The molecular formula is C24H19ClN2O4. The molecule has 0 unspecified atom stereocenters. The fourth-order valence-electron chi connectivity index (χ4n) is 3.18. The van der Waals surface area contributed by atoms with Crippen molar-refractivity contribution in [2.45, 2.75) is 6.61 Å². The molecule has 6 nitrogen and oxygen atoms in total. The molecular weight excluding hydrogens is 416 g/mol. The molecule has 1 aliphatic heterocycles. The highest BCUT2D eigenvalue weighted by Crippen LogP contribution is 2.38. The molecule has 7 heteroatoms. The van der Waals surface area contributed by atoms with E-state index in [4.69, 9.17) is 21.1 Å². The second-order valence-electron chi connectivity index (χ2n) is 6.78. The van der Waals surface area contributed by atoms with Crippen LogP contribution in [0.25, 0.3) is 6.08 Å². The van der Waals surface area contributed by atoms with Gasteiger partial charge in [0.25, 0.3) is 11.8 Å². The van der Waals surface area contributed by atoms with Crippen molar-refractivity contribution in [1.29, 1.82) is 0 Å². The number of anilines is 1. The first-order valence-electron chi connectivity index (χ1n) is 9.53. The molecule has 3 aromatic rings. The van der Waals surface area contributed by atoms with E-state index in [1.54, 1.807) is 36.4 Å². The van der Waals surface area contributed by atoms with E-state index in [1.807, 2.05) is 36.4 Å². The molecule has 0 aliphatic carbocycles. The lowest BCUT2D eigenvalue weighted by Crippen LogP contribution is -2.35. The molecule has 1 N–H and O–H groups in total. The minimum atomic E-state index is -0.492. The number of carbonyl (C=O) groups excluding carboxylic acids is 2. The number of hydrogen-bond donors (Lipinski definition) is 1. The van der Waals surface area contributed by atoms with Crippen molar-refractivity contribution in [3.8, 4) is 11.5 Å². The van der Waals surface area contributed by atoms with Crippen molar-refractivity contribution >= 4 is 35.2 Å². The zero-order chi connectivity index (χ0) is 21.8. The molecule has 2 amide bonds. The Labute approximate surface area is 184 Å². The van der Waals surface area contributed by atoms with Gasteiger partial charge in [-0.3, -0.25) is 15.0 Å². The van der Waals surface area contributed by atoms with Gasteiger partial charge in [-0.1, -0.05) is 60.1 Å². The summed E-state index contributed by atoms with van der Waals surface area (Å²) in [5, 5.41) is 1.53. The fourth-order valence-corrected chi connectivity index (χ4v) is 3.45. The summed E-state index contributed by atoms with van der Waals surface area (Å²) in [4.78, 5) is 25.2. The molecule has 31 heavy (non-hydrogen) atoms. The van der Waals surface area contributed by atoms with E-state index in [9.17, 15) is 9.59 Å². The summed E-state index contributed by atoms with van der Waals surface area (Å²) in [6, 6.07) is 21.9. The Morgan fingerprint density at radius 3 is 2.35 bits per heavy atom. The normalized spacial score (nSPS) is 14.6. The minimum Gasteiger partial charge on any atom is -0.493 e. The molecule has 3 aromatic carbocycles. The highest BCUT2D eigenvalue weighted by atomic mass is 35.5. The summed E-state index contributed by atoms with van der Waals surface area (Å²) >= 11 is 6.43. The molecule has 1 heterocycles. The average Bonchev–Trinajstić information content (AvgIpc) is 3.07. The Hall–Kier alpha value is -3.77. The number of rotatable bonds is 6. The highest BCUT2D eigenvalue weighted by Gasteiger charge is 2.34. The van der Waals surface area contributed by atoms with Crippen LogP contribution in [0.2, 0.25) is 5.02 Å². The smallest absolute Gasteiger partial charge is 0.282 e. The number of hydrogen-bond acceptors (Lipinski definition) is 4. The fraction of sp³-hybridized carbons (Fsp3) is 0.0833. The number of halogens is 1. The largest absolute Gasteiger partial charge is 0.493 e. The quantitative estimate of drug-likeness (QED) is 0.461. The monoisotopic (exact) mass is 434 g/mol. The van der Waals surface area contributed by atoms with Gasteiger partial charge in [0.1, 0.15) is 12.2 Å². The van der Waals surface area contributed by atoms with Gasteiger partial charge in [-0.05, 0) is 41.5 Å². The number of ether oxygens (including phenoxy) is 2. The molecule has 0 bridgehead atoms. The third-order valence-electron chi connectivity index (χ3n) is 4.69. The lowest BCUT2D eigenvalue weighted by Gasteiger charge is -2.14. The Balaban J connectivity index is 1.60. The van der Waals surface area contributed by atoms with E-state index in [1.165, 1.54) is 18.2 Å². The number of methoxy groups -OCH3 is 1. The zero-order valence-corrected chi connectivity index (χ0v) is 17.4. The second kappa shape index (κ2) is 8.93. The first-order valence-corrected chi connectivity index (χ1v) is 9.91. The minimum absolute atomic E-state index is 0.0000679. The molecule has 0 saturated carbocycles. The first kappa shape index (κ1) is 20.5. The number of para-hydroxylation sites is 1. The summed E-state index contributed by atoms with van der Waals surface area (Å²) < 4.78 is 11.3. The van der Waals surface area contributed by atoms with Crippen molar-refractivity contribution in [2.24, 2.45) is 0 Å². The van der Waals surface area contributed by atoms with Crippen LogP contribution in [0.3, 0.4) is 0 Å². The predicted molar refractivity (Wildman–Crippen MR) is 119 cm³/mol. The molecule has 0 aromatic heterocycles. The maximum atomic E-state index is 12.8. The van der Waals surface area contributed by atoms with Gasteiger partial charge < -0.3 is 9.47 Å². The molecule has 1 aliphatic rings. The number of nitrogens with one attached hydrogen (secondary N) is 1. The van der Waals surface area contributed by atoms with Crippen LogP contribution in [0.4, 0.5) is 5.69 Å². The van der Waals surface area contributed by atoms with Crippen LogP contribution in [0.1, 0.15) is 11.1 Å². The van der Waals surface area contributed by atoms with Gasteiger partial charge in [-0.25, -0.2) is 5.01 Å². The van der Waals surface area contributed by atoms with E-state index in [0.29, 0.717) is 34.4 Å². The first-order chi connectivity index (χ1) is 15.1. The van der Waals surface area contributed by atoms with Gasteiger partial charge in [0, 0.05) is 0 Å². The van der Waals surface area contributed by atoms with Crippen molar-refractivity contribution < 1.29 is 19.1 Å². The average molecular weight is 435 g/mol. The van der Waals surface area contributed by atoms with Crippen LogP contribution in [0.5, 0.6) is 11.5 Å². The number of hydrazine groups is 1. The maximum Gasteiger partial charge on any atom is 0.282 e. The van der Waals surface area contributed by atoms with Gasteiger partial charge in [0.2, 0.25) is 0 Å². The Bertz CT molecular complexity index is 1150. The van der Waals surface area contributed by atoms with Crippen molar-refractivity contribution in [3.05, 3.63) is 94.5 Å². The summed E-state index contributed by atoms with van der Waals surface area (Å²) in [5.41, 5.74) is 4.68. The highest BCUT2D eigenvalue weighted by molar-refractivity contribution is 6.33. The summed E-state index contributed by atoms with van der Waals surface area (Å²) in [7, 11) is 1.50. The van der Waals surface area contributed by atoms with Crippen LogP contribution >= 0.6 is 11.6 Å². The Morgan fingerprint density at radius 2 is 1.68 bits per heavy atom. The maximum absolute atomic E-state index is 12.8. The summed E-state index contributed by atoms with van der Waals surface area (Å²) in [5.74, 6) is -0.145. The topological polar surface area (TPSA) is 67.9 Å². The SMILES string of the molecule is COc1cc(/C=C2/C(=O)NN(c3ccccc3)C2=O)cc(Cl)c1OCc1ccccc1. The third-order valence-corrected chi connectivity index (χ3v) is 4.98. The third kappa shape index (κ3) is 4.39. The Kier molecular flexibility index (Phi) is 5.91. The van der Waals surface area contributed by atoms with Gasteiger partial charge in [-0.15, -0.1) is 0 Å². The molecule has 0 spiro atoms. The van der Waals surface area contributed by atoms with Gasteiger partial charge in [-0.2, -0.15) is 0 Å². The Morgan fingerprint density at radius 1 is 1.00 bits per heavy atom. The second-order valence-corrected chi connectivity index (χ2v) is 7.19. The molecule has 1 saturated heterocycles. The summed E-state index contributed by atoms with van der Waals surface area (Å²) in [6.45, 7) is 0.324. The summed E-state index contributed by atoms with van der Waals surface area (Å²) in [6.07, 6.45) is 1.48. The van der Waals surface area contributed by atoms with Crippen LogP contribution < -0.4 is 19.9 Å². The van der Waals surface area contributed by atoms with E-state index >= 15 is 0 Å². The van der Waals surface area contributed by atoms with E-state index in [-0.39, 0.29) is 5.57 Å². The predicted octanol–water partition coefficient (Wildman–Crippen LogP) is 4.39. The standard InChI is InChI=1S/C24H19ClN2O4/c1-30-21-14-17(13-20(25)22(21)31-15-16-8-4-2-5-9-16)12-19-23(28)26-27(24(19)29)18-10-6-3-7-11-18/h2-14H,15H2,1H3,(H,26,28)/b19-12-. The molecule has 0 atom stereocenters. The van der Waals surface area contributed by atoms with Crippen LogP contribution in [0.15, 0.2) is 78.4 Å². The lowest BCUT2D eigenvalue weighted by atomic mass is 10.1. The zero-order valence-electron chi connectivity index (χ0n) is 16.7. The van der Waals surface area contributed by atoms with E-state index in [2.05, 4.69) is 5.43 Å². The van der Waals surface area contributed by atoms with Gasteiger partial charge in [0.15, 0.2) is 11.5 Å². The van der Waals surface area contributed by atoms with Gasteiger partial charge >= 0.3 is 0 Å². The number of carbonyl (C=O) groups is 2. The number of nitrogens with zero attached hydrogens (tertiary/aromatic N) is 1. The molecule has 0 radical (unpaired) electrons. The van der Waals surface area contributed by atoms with Crippen molar-refractivity contribution in [2.75, 3.05) is 12.1 Å². The van der Waals surface area contributed by atoms with E-state index < -0.39 is 11.8 Å². The van der Waals surface area contributed by atoms with Gasteiger partial charge in [0.05, 0.1) is 17.8 Å². The van der Waals surface area contributed by atoms with E-state index in [0.717, 1.165) is 5.56 Å². The van der Waals surface area contributed by atoms with Crippen LogP contribution in [0, 0.1) is 0 Å². The molecule has 1 fully saturated rings. The lowest BCUT2D eigenvalue weighted by molar-refractivity contribution is -0.117. The van der Waals surface area contributed by atoms with Crippen LogP contribution in [-0.2, 0) is 16.2 Å². The van der Waals surface area contributed by atoms with Crippen molar-refractivity contribution in [1.82, 2.24) is 5.43 Å². The van der Waals surface area contributed by atoms with Crippen molar-refractivity contribution in [3.63, 3.8) is 0 Å². The number of amides is 2. The molecule has 4 rings (SSSR count). The number of benzene rings is 3.